The Bertz CT molecular complexity index is 879. The molecule has 2 unspecified atom stereocenters. The maximum absolute atomic E-state index is 14.4. The summed E-state index contributed by atoms with van der Waals surface area (Å²) in [7, 11) is 1.37. The number of hydrogen-bond acceptors (Lipinski definition) is 5. The lowest BCUT2D eigenvalue weighted by molar-refractivity contribution is -0.141. The van der Waals surface area contributed by atoms with Gasteiger partial charge in [0.05, 0.1) is 17.7 Å². The van der Waals surface area contributed by atoms with Gasteiger partial charge in [-0.25, -0.2) is 4.39 Å². The van der Waals surface area contributed by atoms with E-state index in [4.69, 9.17) is 20.9 Å². The van der Waals surface area contributed by atoms with Crippen molar-refractivity contribution in [1.29, 1.82) is 0 Å². The molecule has 1 aliphatic rings. The molecule has 1 amide bonds. The van der Waals surface area contributed by atoms with Crippen molar-refractivity contribution in [3.05, 3.63) is 40.4 Å². The Balaban J connectivity index is 1.82. The summed E-state index contributed by atoms with van der Waals surface area (Å²) in [5.41, 5.74) is 0.307. The number of methoxy groups -OCH3 is 1. The van der Waals surface area contributed by atoms with Crippen molar-refractivity contribution in [2.24, 2.45) is 5.92 Å². The van der Waals surface area contributed by atoms with E-state index in [1.807, 2.05) is 0 Å². The fourth-order valence-electron chi connectivity index (χ4n) is 3.92. The molecular weight excluding hydrogens is 399 g/mol. The van der Waals surface area contributed by atoms with Gasteiger partial charge in [-0.15, -0.1) is 0 Å². The van der Waals surface area contributed by atoms with Crippen molar-refractivity contribution >= 4 is 23.5 Å². The fraction of sp³-hybridized carbons (Fsp3) is 0.476. The minimum atomic E-state index is -0.575. The summed E-state index contributed by atoms with van der Waals surface area (Å²) in [6.45, 7) is 1.61. The Morgan fingerprint density at radius 1 is 1.34 bits per heavy atom. The molecule has 1 heterocycles. The average Bonchev–Trinajstić information content (AvgIpc) is 3.08. The second kappa shape index (κ2) is 9.39. The quantitative estimate of drug-likeness (QED) is 0.683. The van der Waals surface area contributed by atoms with Gasteiger partial charge in [0.1, 0.15) is 22.8 Å². The Hall–Kier alpha value is -2.41. The molecule has 1 N–H and O–H groups in total. The average molecular weight is 423 g/mol. The summed E-state index contributed by atoms with van der Waals surface area (Å²) in [5, 5.41) is 7.09. The normalized spacial score (nSPS) is 19.0. The van der Waals surface area contributed by atoms with Crippen LogP contribution in [0, 0.1) is 18.7 Å². The monoisotopic (exact) mass is 422 g/mol. The molecule has 2 aromatic rings. The zero-order valence-electron chi connectivity index (χ0n) is 16.5. The number of hydrogen-bond donors (Lipinski definition) is 1. The Kier molecular flexibility index (Phi) is 6.90. The largest absolute Gasteiger partial charge is 0.469 e. The number of amides is 1. The van der Waals surface area contributed by atoms with Crippen LogP contribution in [-0.4, -0.2) is 30.2 Å². The van der Waals surface area contributed by atoms with Crippen molar-refractivity contribution < 1.29 is 23.2 Å². The second-order valence-corrected chi connectivity index (χ2v) is 7.71. The molecule has 0 spiro atoms. The second-order valence-electron chi connectivity index (χ2n) is 7.30. The number of benzene rings is 1. The number of ether oxygens (including phenoxy) is 1. The highest BCUT2D eigenvalue weighted by Gasteiger charge is 2.31. The van der Waals surface area contributed by atoms with Crippen LogP contribution in [0.5, 0.6) is 0 Å². The highest BCUT2D eigenvalue weighted by Crippen LogP contribution is 2.34. The van der Waals surface area contributed by atoms with E-state index in [0.717, 1.165) is 25.7 Å². The molecule has 1 saturated carbocycles. The van der Waals surface area contributed by atoms with Gasteiger partial charge in [0, 0.05) is 12.5 Å². The zero-order valence-corrected chi connectivity index (χ0v) is 17.2. The van der Waals surface area contributed by atoms with E-state index in [1.54, 1.807) is 6.92 Å². The molecule has 0 radical (unpaired) electrons. The van der Waals surface area contributed by atoms with Crippen LogP contribution in [0.2, 0.25) is 5.02 Å². The van der Waals surface area contributed by atoms with Crippen molar-refractivity contribution in [3.63, 3.8) is 0 Å². The van der Waals surface area contributed by atoms with Crippen LogP contribution in [-0.2, 0) is 9.53 Å². The summed E-state index contributed by atoms with van der Waals surface area (Å²) in [4.78, 5) is 24.6. The van der Waals surface area contributed by atoms with Gasteiger partial charge in [-0.3, -0.25) is 9.59 Å². The molecule has 1 aromatic carbocycles. The number of carbonyl (C=O) groups excluding carboxylic acids is 2. The molecule has 0 bridgehead atoms. The Morgan fingerprint density at radius 2 is 2.10 bits per heavy atom. The lowest BCUT2D eigenvalue weighted by atomic mass is 9.81. The molecule has 0 aliphatic heterocycles. The van der Waals surface area contributed by atoms with Crippen molar-refractivity contribution in [1.82, 2.24) is 10.5 Å². The summed E-state index contributed by atoms with van der Waals surface area (Å²) in [5.74, 6) is -0.750. The summed E-state index contributed by atoms with van der Waals surface area (Å²) in [6.07, 6.45) is 4.76. The first-order chi connectivity index (χ1) is 13.9. The predicted octanol–water partition coefficient (Wildman–Crippen LogP) is 4.68. The van der Waals surface area contributed by atoms with E-state index < -0.39 is 5.82 Å². The van der Waals surface area contributed by atoms with Gasteiger partial charge in [-0.2, -0.15) is 0 Å². The smallest absolute Gasteiger partial charge is 0.305 e. The number of nitrogens with zero attached hydrogens (tertiary/aromatic N) is 1. The molecule has 3 rings (SSSR count). The number of carbonyl (C=O) groups is 2. The van der Waals surface area contributed by atoms with Crippen LogP contribution in [0.4, 0.5) is 4.39 Å². The summed E-state index contributed by atoms with van der Waals surface area (Å²) in [6, 6.07) is 4.20. The maximum Gasteiger partial charge on any atom is 0.305 e. The van der Waals surface area contributed by atoms with Crippen molar-refractivity contribution in [2.75, 3.05) is 7.11 Å². The molecule has 1 aromatic heterocycles. The van der Waals surface area contributed by atoms with Gasteiger partial charge >= 0.3 is 5.97 Å². The standard InChI is InChI=1S/C21H24ClFN2O4/c1-12-18(20(25-29-12)19-14(22)7-5-8-15(19)23)21(27)24-16-9-4-3-6-13(16)10-11-17(26)28-2/h5,7-8,13,16H,3-4,6,9-11H2,1-2H3,(H,24,27). The third kappa shape index (κ3) is 4.78. The molecular formula is C21H24ClFN2O4. The SMILES string of the molecule is COC(=O)CCC1CCCCC1NC(=O)c1c(-c2c(F)cccc2Cl)noc1C. The van der Waals surface area contributed by atoms with E-state index in [0.29, 0.717) is 18.6 Å². The van der Waals surface area contributed by atoms with Crippen LogP contribution < -0.4 is 5.32 Å². The van der Waals surface area contributed by atoms with Gasteiger partial charge in [0.2, 0.25) is 0 Å². The predicted molar refractivity (Wildman–Crippen MR) is 106 cm³/mol. The highest BCUT2D eigenvalue weighted by molar-refractivity contribution is 6.33. The van der Waals surface area contributed by atoms with E-state index in [1.165, 1.54) is 25.3 Å². The minimum absolute atomic E-state index is 0.0436. The van der Waals surface area contributed by atoms with Gasteiger partial charge in [-0.05, 0) is 44.2 Å². The van der Waals surface area contributed by atoms with E-state index in [-0.39, 0.29) is 45.7 Å². The van der Waals surface area contributed by atoms with Gasteiger partial charge < -0.3 is 14.6 Å². The Labute approximate surface area is 173 Å². The summed E-state index contributed by atoms with van der Waals surface area (Å²) < 4.78 is 24.3. The lowest BCUT2D eigenvalue weighted by Gasteiger charge is -2.32. The maximum atomic E-state index is 14.4. The van der Waals surface area contributed by atoms with E-state index >= 15 is 0 Å². The van der Waals surface area contributed by atoms with Crippen molar-refractivity contribution in [3.8, 4) is 11.3 Å². The molecule has 1 aliphatic carbocycles. The fourth-order valence-corrected chi connectivity index (χ4v) is 4.18. The third-order valence-corrected chi connectivity index (χ3v) is 5.78. The Morgan fingerprint density at radius 3 is 2.83 bits per heavy atom. The topological polar surface area (TPSA) is 81.4 Å². The molecule has 29 heavy (non-hydrogen) atoms. The van der Waals surface area contributed by atoms with Crippen LogP contribution in [0.3, 0.4) is 0 Å². The van der Waals surface area contributed by atoms with E-state index in [2.05, 4.69) is 10.5 Å². The van der Waals surface area contributed by atoms with Crippen molar-refractivity contribution in [2.45, 2.75) is 51.5 Å². The number of rotatable bonds is 6. The highest BCUT2D eigenvalue weighted by atomic mass is 35.5. The molecule has 1 fully saturated rings. The molecule has 0 saturated heterocycles. The van der Waals surface area contributed by atoms with Gasteiger partial charge in [0.25, 0.3) is 5.91 Å². The number of nitrogens with one attached hydrogen (secondary N) is 1. The number of halogens is 2. The van der Waals surface area contributed by atoms with Gasteiger partial charge in [-0.1, -0.05) is 35.7 Å². The van der Waals surface area contributed by atoms with Crippen LogP contribution in [0.25, 0.3) is 11.3 Å². The number of aromatic nitrogens is 1. The molecule has 8 heteroatoms. The zero-order chi connectivity index (χ0) is 21.0. The van der Waals surface area contributed by atoms with Crippen LogP contribution in [0.15, 0.2) is 22.7 Å². The van der Waals surface area contributed by atoms with Crippen LogP contribution >= 0.6 is 11.6 Å². The molecule has 156 valence electrons. The first-order valence-electron chi connectivity index (χ1n) is 9.70. The third-order valence-electron chi connectivity index (χ3n) is 5.46. The first kappa shape index (κ1) is 21.3. The number of esters is 1. The molecule has 2 atom stereocenters. The number of aryl methyl sites for hydroxylation is 1. The van der Waals surface area contributed by atoms with Crippen LogP contribution in [0.1, 0.15) is 54.6 Å². The van der Waals surface area contributed by atoms with E-state index in [9.17, 15) is 14.0 Å². The lowest BCUT2D eigenvalue weighted by Crippen LogP contribution is -2.42. The minimum Gasteiger partial charge on any atom is -0.469 e. The summed E-state index contributed by atoms with van der Waals surface area (Å²) >= 11 is 6.15. The van der Waals surface area contributed by atoms with Gasteiger partial charge in [0.15, 0.2) is 0 Å². The molecule has 6 nitrogen and oxygen atoms in total. The first-order valence-corrected chi connectivity index (χ1v) is 10.1.